The first kappa shape index (κ1) is 19.9. The van der Waals surface area contributed by atoms with E-state index in [0.29, 0.717) is 23.5 Å². The average Bonchev–Trinajstić information content (AvgIpc) is 2.74. The van der Waals surface area contributed by atoms with Crippen molar-refractivity contribution in [2.45, 2.75) is 31.7 Å². The summed E-state index contributed by atoms with van der Waals surface area (Å²) in [6.45, 7) is 1.60. The van der Waals surface area contributed by atoms with Gasteiger partial charge in [-0.15, -0.1) is 0 Å². The number of ether oxygens (including phenoxy) is 1. The van der Waals surface area contributed by atoms with Crippen LogP contribution in [-0.2, 0) is 11.2 Å². The molecular formula is C21H25N3O4. The summed E-state index contributed by atoms with van der Waals surface area (Å²) in [6, 6.07) is 13.3. The predicted molar refractivity (Wildman–Crippen MR) is 104 cm³/mol. The molecule has 28 heavy (non-hydrogen) atoms. The number of hydroxylamine groups is 1. The summed E-state index contributed by atoms with van der Waals surface area (Å²) >= 11 is 0. The summed E-state index contributed by atoms with van der Waals surface area (Å²) in [5, 5.41) is 8.72. The normalized spacial score (nSPS) is 15.0. The number of rotatable bonds is 6. The highest BCUT2D eigenvalue weighted by Crippen LogP contribution is 2.23. The summed E-state index contributed by atoms with van der Waals surface area (Å²) in [4.78, 5) is 25.8. The van der Waals surface area contributed by atoms with Gasteiger partial charge in [0.25, 0.3) is 5.91 Å². The molecule has 1 unspecified atom stereocenters. The average molecular weight is 383 g/mol. The van der Waals surface area contributed by atoms with Crippen molar-refractivity contribution in [2.24, 2.45) is 5.73 Å². The van der Waals surface area contributed by atoms with Crippen molar-refractivity contribution in [3.8, 4) is 11.5 Å². The predicted octanol–water partition coefficient (Wildman–Crippen LogP) is 2.48. The van der Waals surface area contributed by atoms with E-state index in [1.54, 1.807) is 35.8 Å². The highest BCUT2D eigenvalue weighted by Gasteiger charge is 2.22. The monoisotopic (exact) mass is 383 g/mol. The van der Waals surface area contributed by atoms with Crippen LogP contribution in [0.25, 0.3) is 0 Å². The van der Waals surface area contributed by atoms with Crippen molar-refractivity contribution < 1.29 is 19.5 Å². The Kier molecular flexibility index (Phi) is 6.62. The molecule has 0 aliphatic carbocycles. The number of likely N-dealkylation sites (tertiary alicyclic amines) is 1. The van der Waals surface area contributed by atoms with Crippen molar-refractivity contribution in [3.63, 3.8) is 0 Å². The largest absolute Gasteiger partial charge is 0.457 e. The van der Waals surface area contributed by atoms with Gasteiger partial charge in [0.15, 0.2) is 0 Å². The van der Waals surface area contributed by atoms with Crippen LogP contribution in [0.5, 0.6) is 11.5 Å². The van der Waals surface area contributed by atoms with Crippen LogP contribution >= 0.6 is 0 Å². The highest BCUT2D eigenvalue weighted by atomic mass is 16.5. The molecule has 148 valence electrons. The molecule has 0 spiro atoms. The molecule has 4 N–H and O–H groups in total. The fraction of sp³-hybridized carbons (Fsp3) is 0.333. The third-order valence-electron chi connectivity index (χ3n) is 4.80. The second-order valence-electron chi connectivity index (χ2n) is 6.91. The maximum Gasteiger partial charge on any atom is 0.274 e. The lowest BCUT2D eigenvalue weighted by Gasteiger charge is -2.29. The summed E-state index contributed by atoms with van der Waals surface area (Å²) < 4.78 is 5.75. The van der Waals surface area contributed by atoms with Crippen LogP contribution in [0.2, 0.25) is 0 Å². The Morgan fingerprint density at radius 3 is 2.46 bits per heavy atom. The van der Waals surface area contributed by atoms with Crippen molar-refractivity contribution in [1.82, 2.24) is 10.4 Å². The molecule has 7 nitrogen and oxygen atoms in total. The minimum atomic E-state index is -0.604. The number of piperidine rings is 1. The van der Waals surface area contributed by atoms with E-state index in [1.807, 2.05) is 17.0 Å². The van der Waals surface area contributed by atoms with E-state index in [4.69, 9.17) is 15.7 Å². The van der Waals surface area contributed by atoms with E-state index in [9.17, 15) is 9.59 Å². The minimum Gasteiger partial charge on any atom is -0.457 e. The SMILES string of the molecule is NC(Cc1ccc(Oc2cccc(C(=O)NO)c2)cc1)C(=O)N1CCCCC1. The molecular weight excluding hydrogens is 358 g/mol. The number of benzene rings is 2. The number of nitrogens with zero attached hydrogens (tertiary/aromatic N) is 1. The zero-order chi connectivity index (χ0) is 19.9. The van der Waals surface area contributed by atoms with Crippen molar-refractivity contribution in [2.75, 3.05) is 13.1 Å². The summed E-state index contributed by atoms with van der Waals surface area (Å²) in [5.74, 6) is 0.485. The van der Waals surface area contributed by atoms with E-state index in [-0.39, 0.29) is 5.91 Å². The Labute approximate surface area is 164 Å². The van der Waals surface area contributed by atoms with Crippen LogP contribution in [0, 0.1) is 0 Å². The van der Waals surface area contributed by atoms with Crippen LogP contribution in [0.1, 0.15) is 35.2 Å². The Bertz CT molecular complexity index is 817. The Hall–Kier alpha value is -2.90. The fourth-order valence-electron chi connectivity index (χ4n) is 3.29. The van der Waals surface area contributed by atoms with Crippen LogP contribution in [-0.4, -0.2) is 41.1 Å². The Morgan fingerprint density at radius 2 is 1.79 bits per heavy atom. The maximum atomic E-state index is 12.4. The summed E-state index contributed by atoms with van der Waals surface area (Å²) in [7, 11) is 0. The molecule has 1 saturated heterocycles. The van der Waals surface area contributed by atoms with E-state index in [0.717, 1.165) is 31.5 Å². The van der Waals surface area contributed by atoms with Gasteiger partial charge in [0.05, 0.1) is 6.04 Å². The molecule has 0 radical (unpaired) electrons. The zero-order valence-corrected chi connectivity index (χ0v) is 15.6. The van der Waals surface area contributed by atoms with Gasteiger partial charge in [-0.3, -0.25) is 14.8 Å². The second kappa shape index (κ2) is 9.34. The van der Waals surface area contributed by atoms with Crippen molar-refractivity contribution in [3.05, 3.63) is 59.7 Å². The number of amides is 2. The number of hydrogen-bond acceptors (Lipinski definition) is 5. The highest BCUT2D eigenvalue weighted by molar-refractivity contribution is 5.93. The molecule has 1 aliphatic rings. The van der Waals surface area contributed by atoms with E-state index >= 15 is 0 Å². The Balaban J connectivity index is 1.59. The van der Waals surface area contributed by atoms with Gasteiger partial charge >= 0.3 is 0 Å². The van der Waals surface area contributed by atoms with Gasteiger partial charge < -0.3 is 15.4 Å². The smallest absolute Gasteiger partial charge is 0.274 e. The number of hydrogen-bond donors (Lipinski definition) is 3. The number of nitrogens with one attached hydrogen (secondary N) is 1. The number of carbonyl (C=O) groups excluding carboxylic acids is 2. The first-order chi connectivity index (χ1) is 13.6. The third-order valence-corrected chi connectivity index (χ3v) is 4.80. The lowest BCUT2D eigenvalue weighted by molar-refractivity contribution is -0.133. The first-order valence-corrected chi connectivity index (χ1v) is 9.42. The quantitative estimate of drug-likeness (QED) is 0.525. The van der Waals surface area contributed by atoms with Gasteiger partial charge in [0, 0.05) is 18.7 Å². The number of nitrogens with two attached hydrogens (primary N) is 1. The molecule has 1 aliphatic heterocycles. The molecule has 1 heterocycles. The number of carbonyl (C=O) groups is 2. The second-order valence-corrected chi connectivity index (χ2v) is 6.91. The van der Waals surface area contributed by atoms with Crippen LogP contribution in [0.15, 0.2) is 48.5 Å². The first-order valence-electron chi connectivity index (χ1n) is 9.42. The molecule has 3 rings (SSSR count). The molecule has 2 aromatic carbocycles. The van der Waals surface area contributed by atoms with Gasteiger partial charge in [0.2, 0.25) is 5.91 Å². The van der Waals surface area contributed by atoms with Gasteiger partial charge in [-0.25, -0.2) is 5.48 Å². The summed E-state index contributed by atoms with van der Waals surface area (Å²) in [6.07, 6.45) is 3.74. The maximum absolute atomic E-state index is 12.4. The molecule has 2 amide bonds. The van der Waals surface area contributed by atoms with Gasteiger partial charge in [-0.2, -0.15) is 0 Å². The van der Waals surface area contributed by atoms with Gasteiger partial charge in [0.1, 0.15) is 11.5 Å². The molecule has 1 fully saturated rings. The minimum absolute atomic E-state index is 0.0130. The molecule has 2 aromatic rings. The fourth-order valence-corrected chi connectivity index (χ4v) is 3.29. The zero-order valence-electron chi connectivity index (χ0n) is 15.6. The van der Waals surface area contributed by atoms with Crippen LogP contribution in [0.4, 0.5) is 0 Å². The summed E-state index contributed by atoms with van der Waals surface area (Å²) in [5.41, 5.74) is 8.96. The third kappa shape index (κ3) is 5.09. The van der Waals surface area contributed by atoms with Crippen molar-refractivity contribution in [1.29, 1.82) is 0 Å². The van der Waals surface area contributed by atoms with Crippen LogP contribution in [0.3, 0.4) is 0 Å². The van der Waals surface area contributed by atoms with Gasteiger partial charge in [-0.1, -0.05) is 18.2 Å². The van der Waals surface area contributed by atoms with Crippen LogP contribution < -0.4 is 16.0 Å². The van der Waals surface area contributed by atoms with E-state index < -0.39 is 11.9 Å². The van der Waals surface area contributed by atoms with E-state index in [1.165, 1.54) is 12.5 Å². The molecule has 0 bridgehead atoms. The van der Waals surface area contributed by atoms with E-state index in [2.05, 4.69) is 0 Å². The molecule has 0 aromatic heterocycles. The molecule has 7 heteroatoms. The lowest BCUT2D eigenvalue weighted by Crippen LogP contribution is -2.46. The topological polar surface area (TPSA) is 105 Å². The molecule has 1 atom stereocenters. The Morgan fingerprint density at radius 1 is 1.07 bits per heavy atom. The van der Waals surface area contributed by atoms with Crippen molar-refractivity contribution >= 4 is 11.8 Å². The van der Waals surface area contributed by atoms with Gasteiger partial charge in [-0.05, 0) is 61.6 Å². The lowest BCUT2D eigenvalue weighted by atomic mass is 10.0. The standard InChI is InChI=1S/C21H25N3O4/c22-19(21(26)24-11-2-1-3-12-24)13-15-7-9-17(10-8-15)28-18-6-4-5-16(14-18)20(25)23-27/h4-10,14,19,27H,1-3,11-13,22H2,(H,23,25). The molecule has 0 saturated carbocycles.